The molecular formula is C14H19NO2S. The third kappa shape index (κ3) is 4.03. The van der Waals surface area contributed by atoms with Crippen molar-refractivity contribution in [2.75, 3.05) is 5.75 Å². The van der Waals surface area contributed by atoms with E-state index in [-0.39, 0.29) is 18.1 Å². The van der Waals surface area contributed by atoms with Crippen molar-refractivity contribution in [2.24, 2.45) is 0 Å². The van der Waals surface area contributed by atoms with Gasteiger partial charge < -0.3 is 10.4 Å². The average Bonchev–Trinajstić information content (AvgIpc) is 2.40. The van der Waals surface area contributed by atoms with Crippen LogP contribution in [-0.4, -0.2) is 28.9 Å². The fourth-order valence-electron chi connectivity index (χ4n) is 2.19. The summed E-state index contributed by atoms with van der Waals surface area (Å²) >= 11 is 1.52. The van der Waals surface area contributed by atoms with Crippen molar-refractivity contribution in [1.82, 2.24) is 5.32 Å². The number of hydrogen-bond donors (Lipinski definition) is 2. The molecule has 98 valence electrons. The molecule has 0 saturated heterocycles. The lowest BCUT2D eigenvalue weighted by Gasteiger charge is -2.28. The van der Waals surface area contributed by atoms with Gasteiger partial charge in [-0.2, -0.15) is 0 Å². The van der Waals surface area contributed by atoms with Gasteiger partial charge in [0, 0.05) is 4.90 Å². The van der Waals surface area contributed by atoms with E-state index in [0.717, 1.165) is 30.6 Å². The van der Waals surface area contributed by atoms with Gasteiger partial charge in [-0.05, 0) is 25.0 Å². The van der Waals surface area contributed by atoms with E-state index in [0.29, 0.717) is 5.75 Å². The van der Waals surface area contributed by atoms with E-state index in [4.69, 9.17) is 0 Å². The number of carbonyl (C=O) groups excluding carboxylic acids is 1. The number of nitrogens with one attached hydrogen (secondary N) is 1. The van der Waals surface area contributed by atoms with Crippen LogP contribution < -0.4 is 5.32 Å². The predicted octanol–water partition coefficient (Wildman–Crippen LogP) is 2.20. The first-order valence-electron chi connectivity index (χ1n) is 6.41. The van der Waals surface area contributed by atoms with Crippen LogP contribution in [0.2, 0.25) is 0 Å². The van der Waals surface area contributed by atoms with E-state index >= 15 is 0 Å². The van der Waals surface area contributed by atoms with Crippen LogP contribution in [0.5, 0.6) is 0 Å². The predicted molar refractivity (Wildman–Crippen MR) is 73.6 cm³/mol. The summed E-state index contributed by atoms with van der Waals surface area (Å²) in [6.45, 7) is 0. The summed E-state index contributed by atoms with van der Waals surface area (Å²) in [5, 5.41) is 12.7. The molecule has 0 aromatic heterocycles. The van der Waals surface area contributed by atoms with Crippen LogP contribution in [0.3, 0.4) is 0 Å². The lowest BCUT2D eigenvalue weighted by Crippen LogP contribution is -2.45. The Kier molecular flexibility index (Phi) is 5.08. The molecule has 1 aromatic carbocycles. The maximum Gasteiger partial charge on any atom is 0.230 e. The van der Waals surface area contributed by atoms with Gasteiger partial charge in [-0.25, -0.2) is 0 Å². The first-order valence-corrected chi connectivity index (χ1v) is 7.39. The Morgan fingerprint density at radius 1 is 1.28 bits per heavy atom. The minimum Gasteiger partial charge on any atom is -0.391 e. The van der Waals surface area contributed by atoms with Crippen molar-refractivity contribution in [3.8, 4) is 0 Å². The number of hydrogen-bond acceptors (Lipinski definition) is 3. The SMILES string of the molecule is O=C(CSc1ccccc1)N[C@@H]1CCCC[C@H]1O. The normalized spacial score (nSPS) is 23.6. The van der Waals surface area contributed by atoms with Crippen LogP contribution in [0, 0.1) is 0 Å². The second-order valence-corrected chi connectivity index (χ2v) is 5.68. The zero-order chi connectivity index (χ0) is 12.8. The van der Waals surface area contributed by atoms with E-state index in [1.54, 1.807) is 0 Å². The van der Waals surface area contributed by atoms with Crippen molar-refractivity contribution in [3.05, 3.63) is 30.3 Å². The van der Waals surface area contributed by atoms with Crippen molar-refractivity contribution >= 4 is 17.7 Å². The zero-order valence-corrected chi connectivity index (χ0v) is 11.2. The first-order chi connectivity index (χ1) is 8.75. The van der Waals surface area contributed by atoms with Gasteiger partial charge in [0.2, 0.25) is 5.91 Å². The van der Waals surface area contributed by atoms with Gasteiger partial charge >= 0.3 is 0 Å². The standard InChI is InChI=1S/C14H19NO2S/c16-13-9-5-4-8-12(13)15-14(17)10-18-11-6-2-1-3-7-11/h1-3,6-7,12-13,16H,4-5,8-10H2,(H,15,17)/t12-,13-/m1/s1. The highest BCUT2D eigenvalue weighted by Crippen LogP contribution is 2.19. The number of amides is 1. The Hall–Kier alpha value is -1.00. The molecule has 2 rings (SSSR count). The number of carbonyl (C=O) groups is 1. The van der Waals surface area contributed by atoms with Crippen LogP contribution in [-0.2, 0) is 4.79 Å². The maximum atomic E-state index is 11.8. The third-order valence-electron chi connectivity index (χ3n) is 3.19. The summed E-state index contributed by atoms with van der Waals surface area (Å²) in [6, 6.07) is 9.82. The second kappa shape index (κ2) is 6.81. The molecule has 2 atom stereocenters. The summed E-state index contributed by atoms with van der Waals surface area (Å²) in [6.07, 6.45) is 3.48. The Morgan fingerprint density at radius 3 is 2.72 bits per heavy atom. The topological polar surface area (TPSA) is 49.3 Å². The summed E-state index contributed by atoms with van der Waals surface area (Å²) < 4.78 is 0. The molecule has 2 N–H and O–H groups in total. The molecule has 4 heteroatoms. The zero-order valence-electron chi connectivity index (χ0n) is 10.3. The molecule has 3 nitrogen and oxygen atoms in total. The molecule has 0 heterocycles. The first kappa shape index (κ1) is 13.4. The lowest BCUT2D eigenvalue weighted by atomic mass is 9.93. The lowest BCUT2D eigenvalue weighted by molar-refractivity contribution is -0.120. The van der Waals surface area contributed by atoms with Crippen molar-refractivity contribution < 1.29 is 9.90 Å². The van der Waals surface area contributed by atoms with Crippen molar-refractivity contribution in [1.29, 1.82) is 0 Å². The molecule has 1 aliphatic carbocycles. The third-order valence-corrected chi connectivity index (χ3v) is 4.20. The van der Waals surface area contributed by atoms with Crippen molar-refractivity contribution in [2.45, 2.75) is 42.7 Å². The van der Waals surface area contributed by atoms with E-state index in [1.165, 1.54) is 11.8 Å². The minimum atomic E-state index is -0.371. The van der Waals surface area contributed by atoms with Gasteiger partial charge in [-0.1, -0.05) is 31.0 Å². The van der Waals surface area contributed by atoms with Crippen LogP contribution in [0.15, 0.2) is 35.2 Å². The highest BCUT2D eigenvalue weighted by Gasteiger charge is 2.24. The molecular weight excluding hydrogens is 246 g/mol. The van der Waals surface area contributed by atoms with E-state index < -0.39 is 0 Å². The fourth-order valence-corrected chi connectivity index (χ4v) is 2.92. The fraction of sp³-hybridized carbons (Fsp3) is 0.500. The van der Waals surface area contributed by atoms with Gasteiger partial charge in [-0.15, -0.1) is 11.8 Å². The summed E-state index contributed by atoms with van der Waals surface area (Å²) in [4.78, 5) is 12.9. The van der Waals surface area contributed by atoms with E-state index in [2.05, 4.69) is 5.32 Å². The monoisotopic (exact) mass is 265 g/mol. The summed E-state index contributed by atoms with van der Waals surface area (Å²) in [5.41, 5.74) is 0. The molecule has 0 bridgehead atoms. The van der Waals surface area contributed by atoms with Crippen LogP contribution in [0.4, 0.5) is 0 Å². The molecule has 0 unspecified atom stereocenters. The van der Waals surface area contributed by atoms with E-state index in [1.807, 2.05) is 30.3 Å². The number of rotatable bonds is 4. The number of benzene rings is 1. The maximum absolute atomic E-state index is 11.8. The van der Waals surface area contributed by atoms with Gasteiger partial charge in [0.1, 0.15) is 0 Å². The quantitative estimate of drug-likeness (QED) is 0.821. The summed E-state index contributed by atoms with van der Waals surface area (Å²) in [7, 11) is 0. The molecule has 0 spiro atoms. The number of aliphatic hydroxyl groups excluding tert-OH is 1. The highest BCUT2D eigenvalue weighted by atomic mass is 32.2. The Bertz CT molecular complexity index is 383. The van der Waals surface area contributed by atoms with Crippen LogP contribution >= 0.6 is 11.8 Å². The molecule has 1 saturated carbocycles. The molecule has 1 fully saturated rings. The van der Waals surface area contributed by atoms with Gasteiger partial charge in [0.25, 0.3) is 0 Å². The molecule has 1 aliphatic rings. The molecule has 18 heavy (non-hydrogen) atoms. The van der Waals surface area contributed by atoms with Crippen LogP contribution in [0.25, 0.3) is 0 Å². The largest absolute Gasteiger partial charge is 0.391 e. The van der Waals surface area contributed by atoms with Crippen LogP contribution in [0.1, 0.15) is 25.7 Å². The molecule has 0 aliphatic heterocycles. The molecule has 1 aromatic rings. The molecule has 0 radical (unpaired) electrons. The Labute approximate surface area is 112 Å². The number of aliphatic hydroxyl groups is 1. The number of thioether (sulfide) groups is 1. The van der Waals surface area contributed by atoms with Gasteiger partial charge in [0.15, 0.2) is 0 Å². The highest BCUT2D eigenvalue weighted by molar-refractivity contribution is 8.00. The Morgan fingerprint density at radius 2 is 2.00 bits per heavy atom. The smallest absolute Gasteiger partial charge is 0.230 e. The van der Waals surface area contributed by atoms with E-state index in [9.17, 15) is 9.90 Å². The molecule has 1 amide bonds. The van der Waals surface area contributed by atoms with Gasteiger partial charge in [0.05, 0.1) is 17.9 Å². The van der Waals surface area contributed by atoms with Crippen molar-refractivity contribution in [3.63, 3.8) is 0 Å². The second-order valence-electron chi connectivity index (χ2n) is 4.63. The summed E-state index contributed by atoms with van der Waals surface area (Å²) in [5.74, 6) is 0.419. The average molecular weight is 265 g/mol. The van der Waals surface area contributed by atoms with Gasteiger partial charge in [-0.3, -0.25) is 4.79 Å². The minimum absolute atomic E-state index is 0.00908. The Balaban J connectivity index is 1.75.